The van der Waals surface area contributed by atoms with Crippen molar-refractivity contribution >= 4 is 43.4 Å². The maximum atomic E-state index is 4.83. The molecule has 0 fully saturated rings. The van der Waals surface area contributed by atoms with Gasteiger partial charge in [0.05, 0.1) is 22.4 Å². The smallest absolute Gasteiger partial charge is 0.0886 e. The first-order valence-electron chi connectivity index (χ1n) is 15.1. The zero-order valence-corrected chi connectivity index (χ0v) is 24.3. The van der Waals surface area contributed by atoms with Crippen LogP contribution in [0.15, 0.2) is 158 Å². The van der Waals surface area contributed by atoms with Crippen molar-refractivity contribution in [1.82, 2.24) is 19.5 Å². The highest BCUT2D eigenvalue weighted by atomic mass is 15.0. The van der Waals surface area contributed by atoms with Crippen molar-refractivity contribution in [2.24, 2.45) is 0 Å². The molecule has 0 aliphatic carbocycles. The summed E-state index contributed by atoms with van der Waals surface area (Å²) in [5.74, 6) is 0. The number of hydrogen-bond acceptors (Lipinski definition) is 3. The van der Waals surface area contributed by atoms with Crippen LogP contribution in [-0.2, 0) is 0 Å². The van der Waals surface area contributed by atoms with E-state index in [-0.39, 0.29) is 0 Å². The zero-order valence-electron chi connectivity index (χ0n) is 24.3. The molecule has 0 saturated heterocycles. The molecule has 45 heavy (non-hydrogen) atoms. The molecule has 4 heteroatoms. The lowest BCUT2D eigenvalue weighted by Gasteiger charge is -2.11. The first kappa shape index (κ1) is 25.4. The summed E-state index contributed by atoms with van der Waals surface area (Å²) in [6.45, 7) is 0. The third kappa shape index (κ3) is 4.19. The van der Waals surface area contributed by atoms with E-state index in [1.165, 1.54) is 38.0 Å². The lowest BCUT2D eigenvalue weighted by atomic mass is 9.94. The molecule has 0 saturated carbocycles. The van der Waals surface area contributed by atoms with Gasteiger partial charge in [0.1, 0.15) is 0 Å². The average molecular weight is 575 g/mol. The van der Waals surface area contributed by atoms with Gasteiger partial charge in [0.2, 0.25) is 0 Å². The molecular formula is C41H26N4. The number of rotatable bonds is 4. The summed E-state index contributed by atoms with van der Waals surface area (Å²) in [4.78, 5) is 14.0. The van der Waals surface area contributed by atoms with Crippen molar-refractivity contribution in [2.75, 3.05) is 0 Å². The summed E-state index contributed by atoms with van der Waals surface area (Å²) in [7, 11) is 0. The van der Waals surface area contributed by atoms with Crippen LogP contribution in [0.2, 0.25) is 0 Å². The molecule has 4 heterocycles. The van der Waals surface area contributed by atoms with Crippen LogP contribution < -0.4 is 0 Å². The van der Waals surface area contributed by atoms with E-state index >= 15 is 0 Å². The molecule has 0 N–H and O–H groups in total. The standard InChI is InChI=1S/C41H26N4/c1-2-8-32-28(7-1)23-36(34-10-4-3-9-33(32)34)30-16-20-39(44-25-30)38-19-15-29(24-43-38)27-13-17-31(18-14-27)45-40-12-6-5-11-35(40)37-26-42-22-21-41(37)45/h1-26H. The summed E-state index contributed by atoms with van der Waals surface area (Å²) in [5.41, 5.74) is 9.61. The molecule has 0 aliphatic heterocycles. The van der Waals surface area contributed by atoms with Gasteiger partial charge in [0.25, 0.3) is 0 Å². The predicted molar refractivity (Wildman–Crippen MR) is 185 cm³/mol. The lowest BCUT2D eigenvalue weighted by molar-refractivity contribution is 1.17. The Morgan fingerprint density at radius 3 is 1.80 bits per heavy atom. The molecule has 0 atom stereocenters. The average Bonchev–Trinajstić information content (AvgIpc) is 3.46. The molecule has 4 aromatic heterocycles. The number of para-hydroxylation sites is 1. The normalized spacial score (nSPS) is 11.6. The first-order chi connectivity index (χ1) is 22.3. The van der Waals surface area contributed by atoms with E-state index in [0.717, 1.165) is 44.7 Å². The number of benzene rings is 5. The molecule has 9 aromatic rings. The Balaban J connectivity index is 1.01. The molecule has 0 radical (unpaired) electrons. The number of hydrogen-bond donors (Lipinski definition) is 0. The fraction of sp³-hybridized carbons (Fsp3) is 0. The van der Waals surface area contributed by atoms with E-state index in [9.17, 15) is 0 Å². The fourth-order valence-electron chi connectivity index (χ4n) is 6.61. The van der Waals surface area contributed by atoms with Gasteiger partial charge >= 0.3 is 0 Å². The van der Waals surface area contributed by atoms with Gasteiger partial charge in [-0.2, -0.15) is 0 Å². The van der Waals surface area contributed by atoms with Crippen LogP contribution in [0.1, 0.15) is 0 Å². The second-order valence-corrected chi connectivity index (χ2v) is 11.3. The monoisotopic (exact) mass is 574 g/mol. The second kappa shape index (κ2) is 10.2. The van der Waals surface area contributed by atoms with Gasteiger partial charge in [-0.1, -0.05) is 91.0 Å². The van der Waals surface area contributed by atoms with Crippen molar-refractivity contribution < 1.29 is 0 Å². The Morgan fingerprint density at radius 1 is 0.422 bits per heavy atom. The van der Waals surface area contributed by atoms with Gasteiger partial charge in [-0.25, -0.2) is 0 Å². The fourth-order valence-corrected chi connectivity index (χ4v) is 6.61. The van der Waals surface area contributed by atoms with Crippen molar-refractivity contribution in [3.63, 3.8) is 0 Å². The molecule has 210 valence electrons. The van der Waals surface area contributed by atoms with Crippen LogP contribution in [-0.4, -0.2) is 19.5 Å². The first-order valence-corrected chi connectivity index (χ1v) is 15.1. The van der Waals surface area contributed by atoms with Crippen LogP contribution in [0.3, 0.4) is 0 Å². The van der Waals surface area contributed by atoms with Crippen LogP contribution in [0.4, 0.5) is 0 Å². The predicted octanol–water partition coefficient (Wildman–Crippen LogP) is 10.3. The van der Waals surface area contributed by atoms with E-state index in [4.69, 9.17) is 9.97 Å². The molecular weight excluding hydrogens is 548 g/mol. The molecule has 0 amide bonds. The maximum absolute atomic E-state index is 4.83. The number of pyridine rings is 3. The number of fused-ring (bicyclic) bond motifs is 6. The van der Waals surface area contributed by atoms with E-state index in [0.29, 0.717) is 0 Å². The minimum Gasteiger partial charge on any atom is -0.309 e. The molecule has 0 unspecified atom stereocenters. The highest BCUT2D eigenvalue weighted by Gasteiger charge is 2.13. The van der Waals surface area contributed by atoms with Gasteiger partial charge in [-0.05, 0) is 75.1 Å². The van der Waals surface area contributed by atoms with E-state index in [1.807, 2.05) is 24.8 Å². The van der Waals surface area contributed by atoms with Crippen LogP contribution in [0, 0.1) is 0 Å². The zero-order chi connectivity index (χ0) is 29.7. The Bertz CT molecular complexity index is 2460. The van der Waals surface area contributed by atoms with Gasteiger partial charge in [0.15, 0.2) is 0 Å². The summed E-state index contributed by atoms with van der Waals surface area (Å²) < 4.78 is 2.30. The van der Waals surface area contributed by atoms with Gasteiger partial charge < -0.3 is 4.57 Å². The third-order valence-electron chi connectivity index (χ3n) is 8.80. The summed E-state index contributed by atoms with van der Waals surface area (Å²) in [6.07, 6.45) is 7.70. The van der Waals surface area contributed by atoms with Crippen LogP contribution in [0.25, 0.3) is 82.7 Å². The Kier molecular flexibility index (Phi) is 5.78. The highest BCUT2D eigenvalue weighted by Crippen LogP contribution is 2.36. The lowest BCUT2D eigenvalue weighted by Crippen LogP contribution is -1.94. The van der Waals surface area contributed by atoms with Crippen LogP contribution in [0.5, 0.6) is 0 Å². The highest BCUT2D eigenvalue weighted by molar-refractivity contribution is 6.13. The van der Waals surface area contributed by atoms with Crippen LogP contribution >= 0.6 is 0 Å². The number of aromatic nitrogens is 4. The second-order valence-electron chi connectivity index (χ2n) is 11.3. The largest absolute Gasteiger partial charge is 0.309 e. The number of nitrogens with zero attached hydrogens (tertiary/aromatic N) is 4. The topological polar surface area (TPSA) is 43.6 Å². The maximum Gasteiger partial charge on any atom is 0.0886 e. The molecule has 9 rings (SSSR count). The molecule has 0 aliphatic rings. The van der Waals surface area contributed by atoms with E-state index in [1.54, 1.807) is 0 Å². The van der Waals surface area contributed by atoms with Crippen molar-refractivity contribution in [2.45, 2.75) is 0 Å². The summed E-state index contributed by atoms with van der Waals surface area (Å²) >= 11 is 0. The SMILES string of the molecule is c1ccc2c(c1)cc(-c1ccc(-c3ccc(-c4ccc(-n5c6ccccc6c6cnccc65)cc4)cn3)nc1)c1ccccc12. The van der Waals surface area contributed by atoms with Crippen molar-refractivity contribution in [3.05, 3.63) is 158 Å². The summed E-state index contributed by atoms with van der Waals surface area (Å²) in [5, 5.41) is 7.35. The Hall–Kier alpha value is -6.13. The van der Waals surface area contributed by atoms with Gasteiger partial charge in [-0.3, -0.25) is 15.0 Å². The summed E-state index contributed by atoms with van der Waals surface area (Å²) in [6, 6.07) is 47.0. The van der Waals surface area contributed by atoms with E-state index < -0.39 is 0 Å². The van der Waals surface area contributed by atoms with Gasteiger partial charge in [0, 0.05) is 52.4 Å². The quantitative estimate of drug-likeness (QED) is 0.196. The Labute approximate surface area is 259 Å². The molecule has 5 aromatic carbocycles. The Morgan fingerprint density at radius 2 is 1.04 bits per heavy atom. The minimum absolute atomic E-state index is 0.851. The third-order valence-corrected chi connectivity index (χ3v) is 8.80. The van der Waals surface area contributed by atoms with Crippen molar-refractivity contribution in [1.29, 1.82) is 0 Å². The van der Waals surface area contributed by atoms with E-state index in [2.05, 4.69) is 143 Å². The minimum atomic E-state index is 0.851. The molecule has 0 spiro atoms. The van der Waals surface area contributed by atoms with Crippen molar-refractivity contribution in [3.8, 4) is 39.3 Å². The van der Waals surface area contributed by atoms with Gasteiger partial charge in [-0.15, -0.1) is 0 Å². The molecule has 0 bridgehead atoms. The molecule has 4 nitrogen and oxygen atoms in total.